The summed E-state index contributed by atoms with van der Waals surface area (Å²) in [7, 11) is 0. The Hall–Kier alpha value is -2.50. The largest absolute Gasteiger partial charge is 0.463 e. The van der Waals surface area contributed by atoms with E-state index in [0.717, 1.165) is 5.56 Å². The Kier molecular flexibility index (Phi) is 5.49. The minimum atomic E-state index is -0.679. The molecule has 0 spiro atoms. The molecule has 0 bridgehead atoms. The van der Waals surface area contributed by atoms with Gasteiger partial charge in [0.15, 0.2) is 5.96 Å². The van der Waals surface area contributed by atoms with Crippen LogP contribution in [0.25, 0.3) is 5.70 Å². The lowest BCUT2D eigenvalue weighted by molar-refractivity contribution is -0.138. The zero-order valence-corrected chi connectivity index (χ0v) is 15.5. The molecular formula is C19H17Cl2N3O2. The van der Waals surface area contributed by atoms with Crippen LogP contribution in [0.15, 0.2) is 59.1 Å². The van der Waals surface area contributed by atoms with Gasteiger partial charge in [0.05, 0.1) is 17.9 Å². The molecule has 0 saturated carbocycles. The van der Waals surface area contributed by atoms with E-state index in [1.165, 1.54) is 0 Å². The summed E-state index contributed by atoms with van der Waals surface area (Å²) in [6, 6.07) is 13.8. The van der Waals surface area contributed by atoms with Crippen LogP contribution < -0.4 is 11.1 Å². The molecule has 0 radical (unpaired) electrons. The Morgan fingerprint density at radius 2 is 1.85 bits per heavy atom. The van der Waals surface area contributed by atoms with Crippen LogP contribution in [-0.2, 0) is 9.53 Å². The number of rotatable bonds is 4. The first kappa shape index (κ1) is 18.3. The number of hydrogen-bond acceptors (Lipinski definition) is 5. The van der Waals surface area contributed by atoms with Crippen molar-refractivity contribution in [3.05, 3.63) is 75.3 Å². The van der Waals surface area contributed by atoms with Crippen LogP contribution in [0.2, 0.25) is 10.0 Å². The van der Waals surface area contributed by atoms with E-state index in [-0.39, 0.29) is 12.6 Å². The Balaban J connectivity index is 2.20. The molecule has 26 heavy (non-hydrogen) atoms. The van der Waals surface area contributed by atoms with Crippen molar-refractivity contribution >= 4 is 40.8 Å². The van der Waals surface area contributed by atoms with Crippen molar-refractivity contribution < 1.29 is 9.53 Å². The molecule has 0 amide bonds. The number of ether oxygens (including phenoxy) is 1. The van der Waals surface area contributed by atoms with E-state index >= 15 is 0 Å². The molecule has 134 valence electrons. The quantitative estimate of drug-likeness (QED) is 0.776. The van der Waals surface area contributed by atoms with Gasteiger partial charge in [0.25, 0.3) is 0 Å². The van der Waals surface area contributed by atoms with Gasteiger partial charge >= 0.3 is 5.97 Å². The summed E-state index contributed by atoms with van der Waals surface area (Å²) in [6.07, 6.45) is 0. The Labute approximate surface area is 161 Å². The fraction of sp³-hybridized carbons (Fsp3) is 0.158. The van der Waals surface area contributed by atoms with Crippen LogP contribution in [0.3, 0.4) is 0 Å². The summed E-state index contributed by atoms with van der Waals surface area (Å²) in [5.74, 6) is -0.283. The van der Waals surface area contributed by atoms with E-state index in [2.05, 4.69) is 10.3 Å². The van der Waals surface area contributed by atoms with E-state index in [9.17, 15) is 4.79 Å². The zero-order valence-electron chi connectivity index (χ0n) is 14.0. The van der Waals surface area contributed by atoms with Crippen molar-refractivity contribution in [3.63, 3.8) is 0 Å². The number of aliphatic imine (C=N–C) groups is 1. The second kappa shape index (κ2) is 7.81. The van der Waals surface area contributed by atoms with Gasteiger partial charge in [0.2, 0.25) is 0 Å². The molecule has 3 N–H and O–H groups in total. The van der Waals surface area contributed by atoms with Gasteiger partial charge in [-0.2, -0.15) is 0 Å². The van der Waals surface area contributed by atoms with Crippen LogP contribution in [0.4, 0.5) is 0 Å². The number of hydrogen-bond donors (Lipinski definition) is 2. The molecule has 2 aromatic carbocycles. The Morgan fingerprint density at radius 1 is 1.19 bits per heavy atom. The molecule has 2 aromatic rings. The highest BCUT2D eigenvalue weighted by Crippen LogP contribution is 2.36. The number of nitrogens with one attached hydrogen (secondary N) is 1. The molecular weight excluding hydrogens is 373 g/mol. The van der Waals surface area contributed by atoms with E-state index in [0.29, 0.717) is 26.9 Å². The van der Waals surface area contributed by atoms with E-state index in [1.807, 2.05) is 30.3 Å². The van der Waals surface area contributed by atoms with Gasteiger partial charge in [0, 0.05) is 10.0 Å². The van der Waals surface area contributed by atoms with Gasteiger partial charge in [0.1, 0.15) is 6.04 Å². The minimum Gasteiger partial charge on any atom is -0.463 e. The van der Waals surface area contributed by atoms with Gasteiger partial charge in [-0.05, 0) is 36.2 Å². The number of nitrogens with zero attached hydrogens (tertiary/aromatic N) is 1. The van der Waals surface area contributed by atoms with Crippen molar-refractivity contribution in [3.8, 4) is 0 Å². The first-order chi connectivity index (χ1) is 12.5. The summed E-state index contributed by atoms with van der Waals surface area (Å²) in [5.41, 5.74) is 8.35. The molecule has 5 nitrogen and oxygen atoms in total. The topological polar surface area (TPSA) is 76.7 Å². The lowest BCUT2D eigenvalue weighted by Gasteiger charge is -2.26. The van der Waals surface area contributed by atoms with Gasteiger partial charge in [-0.3, -0.25) is 0 Å². The molecule has 1 heterocycles. The van der Waals surface area contributed by atoms with Crippen LogP contribution in [-0.4, -0.2) is 18.5 Å². The molecule has 0 fully saturated rings. The lowest BCUT2D eigenvalue weighted by Crippen LogP contribution is -2.37. The Bertz CT molecular complexity index is 875. The van der Waals surface area contributed by atoms with Gasteiger partial charge < -0.3 is 15.8 Å². The molecule has 1 unspecified atom stereocenters. The highest BCUT2D eigenvalue weighted by Gasteiger charge is 2.32. The number of carbonyl (C=O) groups is 1. The predicted molar refractivity (Wildman–Crippen MR) is 104 cm³/mol. The fourth-order valence-corrected chi connectivity index (χ4v) is 3.34. The number of nitrogens with two attached hydrogens (primary N) is 1. The minimum absolute atomic E-state index is 0.193. The average molecular weight is 390 g/mol. The van der Waals surface area contributed by atoms with Gasteiger partial charge in [-0.1, -0.05) is 53.5 Å². The number of guanidine groups is 1. The first-order valence-corrected chi connectivity index (χ1v) is 8.78. The fourth-order valence-electron chi connectivity index (χ4n) is 2.80. The molecule has 1 aliphatic rings. The maximum absolute atomic E-state index is 12.7. The maximum atomic E-state index is 12.7. The third-order valence-electron chi connectivity index (χ3n) is 3.82. The second-order valence-electron chi connectivity index (χ2n) is 5.62. The van der Waals surface area contributed by atoms with Gasteiger partial charge in [-0.15, -0.1) is 0 Å². The molecule has 0 aliphatic carbocycles. The van der Waals surface area contributed by atoms with Crippen LogP contribution >= 0.6 is 23.2 Å². The SMILES string of the molecule is CCOC(=O)C1=C(c2ccccc2)NC(N)=NC1c1cc(Cl)cc(Cl)c1. The van der Waals surface area contributed by atoms with Gasteiger partial charge in [-0.25, -0.2) is 9.79 Å². The molecule has 1 aliphatic heterocycles. The summed E-state index contributed by atoms with van der Waals surface area (Å²) in [6.45, 7) is 1.99. The zero-order chi connectivity index (χ0) is 18.7. The van der Waals surface area contributed by atoms with E-state index < -0.39 is 12.0 Å². The standard InChI is InChI=1S/C19H17Cl2N3O2/c1-2-26-18(25)15-16(11-6-4-3-5-7-11)23-19(22)24-17(15)12-8-13(20)10-14(21)9-12/h3-10,17H,2H2,1H3,(H3,22,23,24). The van der Waals surface area contributed by atoms with E-state index in [4.69, 9.17) is 33.7 Å². The maximum Gasteiger partial charge on any atom is 0.338 e. The Morgan fingerprint density at radius 3 is 2.46 bits per heavy atom. The van der Waals surface area contributed by atoms with Crippen LogP contribution in [0, 0.1) is 0 Å². The van der Waals surface area contributed by atoms with Crippen molar-refractivity contribution in [1.29, 1.82) is 0 Å². The first-order valence-electron chi connectivity index (χ1n) is 8.02. The van der Waals surface area contributed by atoms with Crippen LogP contribution in [0.5, 0.6) is 0 Å². The summed E-state index contributed by atoms with van der Waals surface area (Å²) in [5, 5.41) is 3.89. The van der Waals surface area contributed by atoms with Crippen molar-refractivity contribution in [2.24, 2.45) is 10.7 Å². The summed E-state index contributed by atoms with van der Waals surface area (Å²) >= 11 is 12.3. The third kappa shape index (κ3) is 3.84. The number of benzene rings is 2. The molecule has 3 rings (SSSR count). The normalized spacial score (nSPS) is 16.7. The lowest BCUT2D eigenvalue weighted by atomic mass is 9.93. The summed E-state index contributed by atoms with van der Waals surface area (Å²) < 4.78 is 5.27. The highest BCUT2D eigenvalue weighted by molar-refractivity contribution is 6.34. The number of halogens is 2. The molecule has 7 heteroatoms. The molecule has 1 atom stereocenters. The summed E-state index contributed by atoms with van der Waals surface area (Å²) in [4.78, 5) is 17.1. The van der Waals surface area contributed by atoms with Crippen molar-refractivity contribution in [2.45, 2.75) is 13.0 Å². The number of carbonyl (C=O) groups excluding carboxylic acids is 1. The number of esters is 1. The molecule has 0 aromatic heterocycles. The van der Waals surface area contributed by atoms with Crippen LogP contribution in [0.1, 0.15) is 24.1 Å². The monoisotopic (exact) mass is 389 g/mol. The third-order valence-corrected chi connectivity index (χ3v) is 4.26. The second-order valence-corrected chi connectivity index (χ2v) is 6.49. The van der Waals surface area contributed by atoms with Crippen molar-refractivity contribution in [1.82, 2.24) is 5.32 Å². The van der Waals surface area contributed by atoms with E-state index in [1.54, 1.807) is 25.1 Å². The highest BCUT2D eigenvalue weighted by atomic mass is 35.5. The smallest absolute Gasteiger partial charge is 0.338 e. The average Bonchev–Trinajstić information content (AvgIpc) is 2.61. The predicted octanol–water partition coefficient (Wildman–Crippen LogP) is 3.93. The molecule has 0 saturated heterocycles. The van der Waals surface area contributed by atoms with Crippen molar-refractivity contribution in [2.75, 3.05) is 6.61 Å².